The molecule has 6 rings (SSSR count). The van der Waals surface area contributed by atoms with Gasteiger partial charge >= 0.3 is 0 Å². The number of allylic oxidation sites excluding steroid dienone is 1. The maximum Gasteiger partial charge on any atom is 0.282 e. The van der Waals surface area contributed by atoms with Gasteiger partial charge < -0.3 is 13.9 Å². The van der Waals surface area contributed by atoms with E-state index < -0.39 is 0 Å². The maximum absolute atomic E-state index is 13.7. The molecule has 0 N–H and O–H groups in total. The van der Waals surface area contributed by atoms with E-state index in [1.807, 2.05) is 72.8 Å². The second kappa shape index (κ2) is 11.9. The molecule has 0 spiro atoms. The molecule has 4 aromatic carbocycles. The summed E-state index contributed by atoms with van der Waals surface area (Å²) in [5, 5.41) is 5.94. The maximum atomic E-state index is 13.7. The highest BCUT2D eigenvalue weighted by Gasteiger charge is 2.17. The van der Waals surface area contributed by atoms with Gasteiger partial charge in [-0.3, -0.25) is 4.79 Å². The van der Waals surface area contributed by atoms with Crippen molar-refractivity contribution in [2.24, 2.45) is 5.10 Å². The molecule has 0 bridgehead atoms. The van der Waals surface area contributed by atoms with Gasteiger partial charge in [-0.05, 0) is 66.1 Å². The van der Waals surface area contributed by atoms with Gasteiger partial charge in [0.1, 0.15) is 12.2 Å². The molecule has 0 aliphatic carbocycles. The monoisotopic (exact) mass is 619 g/mol. The van der Waals surface area contributed by atoms with Crippen LogP contribution >= 0.6 is 15.9 Å². The first-order valence-corrected chi connectivity index (χ1v) is 14.1. The first-order chi connectivity index (χ1) is 20.5. The summed E-state index contributed by atoms with van der Waals surface area (Å²) in [6.45, 7) is 4.30. The van der Waals surface area contributed by atoms with Crippen LogP contribution in [0.25, 0.3) is 33.5 Å². The van der Waals surface area contributed by atoms with E-state index >= 15 is 0 Å². The number of aromatic nitrogens is 2. The number of benzene rings is 4. The molecular weight excluding hydrogens is 594 g/mol. The van der Waals surface area contributed by atoms with Gasteiger partial charge in [-0.2, -0.15) is 9.78 Å². The van der Waals surface area contributed by atoms with Gasteiger partial charge in [0.2, 0.25) is 5.82 Å². The number of ether oxygens (including phenoxy) is 2. The molecule has 0 aliphatic rings. The molecule has 8 heteroatoms. The van der Waals surface area contributed by atoms with Crippen molar-refractivity contribution >= 4 is 44.0 Å². The number of hydrogen-bond donors (Lipinski definition) is 0. The molecular formula is C34H26BrN3O4. The van der Waals surface area contributed by atoms with E-state index in [0.717, 1.165) is 26.5 Å². The SMILES string of the molecule is C=CCc1cc(C=Nn2c(-c3cc4cc(Br)ccc4o3)nc3ccccc3c2=O)cc(OC)c1OCc1ccccc1. The fourth-order valence-corrected chi connectivity index (χ4v) is 5.13. The summed E-state index contributed by atoms with van der Waals surface area (Å²) < 4.78 is 20.2. The van der Waals surface area contributed by atoms with Crippen LogP contribution < -0.4 is 15.0 Å². The smallest absolute Gasteiger partial charge is 0.282 e. The van der Waals surface area contributed by atoms with Crippen LogP contribution in [0.4, 0.5) is 0 Å². The van der Waals surface area contributed by atoms with Crippen molar-refractivity contribution in [3.05, 3.63) is 135 Å². The Morgan fingerprint density at radius 2 is 1.83 bits per heavy atom. The highest BCUT2D eigenvalue weighted by atomic mass is 79.9. The van der Waals surface area contributed by atoms with E-state index in [0.29, 0.717) is 52.6 Å². The third kappa shape index (κ3) is 5.49. The molecule has 0 saturated carbocycles. The standard InChI is InChI=1S/C34H26BrN3O4/c1-3-9-24-16-23(17-30(40-2)32(24)41-21-22-10-5-4-6-11-22)20-36-38-33(37-28-13-8-7-12-27(28)34(38)39)31-19-25-18-26(35)14-15-29(25)42-31/h3-8,10-20H,1,9,21H2,2H3. The second-order valence-corrected chi connectivity index (χ2v) is 10.5. The number of halogens is 1. The zero-order valence-corrected chi connectivity index (χ0v) is 24.4. The lowest BCUT2D eigenvalue weighted by Gasteiger charge is -2.16. The van der Waals surface area contributed by atoms with Crippen LogP contribution in [0, 0.1) is 0 Å². The van der Waals surface area contributed by atoms with Crippen molar-refractivity contribution in [3.8, 4) is 23.1 Å². The third-order valence-corrected chi connectivity index (χ3v) is 7.23. The van der Waals surface area contributed by atoms with Crippen molar-refractivity contribution in [1.82, 2.24) is 9.66 Å². The highest BCUT2D eigenvalue weighted by Crippen LogP contribution is 2.34. The molecule has 42 heavy (non-hydrogen) atoms. The van der Waals surface area contributed by atoms with Crippen molar-refractivity contribution in [3.63, 3.8) is 0 Å². The van der Waals surface area contributed by atoms with E-state index in [-0.39, 0.29) is 5.56 Å². The molecule has 0 unspecified atom stereocenters. The quantitative estimate of drug-likeness (QED) is 0.122. The lowest BCUT2D eigenvalue weighted by molar-refractivity contribution is 0.282. The van der Waals surface area contributed by atoms with Crippen LogP contribution in [-0.2, 0) is 13.0 Å². The number of fused-ring (bicyclic) bond motifs is 2. The fraction of sp³-hybridized carbons (Fsp3) is 0.0882. The molecule has 2 aromatic heterocycles. The van der Waals surface area contributed by atoms with E-state index in [2.05, 4.69) is 27.6 Å². The average Bonchev–Trinajstić information content (AvgIpc) is 3.43. The summed E-state index contributed by atoms with van der Waals surface area (Å²) in [6, 6.07) is 28.5. The molecule has 0 amide bonds. The Hall–Kier alpha value is -4.95. The molecule has 0 fully saturated rings. The lowest BCUT2D eigenvalue weighted by Crippen LogP contribution is -2.20. The Labute approximate surface area is 250 Å². The van der Waals surface area contributed by atoms with Gasteiger partial charge in [0.25, 0.3) is 5.56 Å². The molecule has 208 valence electrons. The highest BCUT2D eigenvalue weighted by molar-refractivity contribution is 9.10. The van der Waals surface area contributed by atoms with E-state index in [1.54, 1.807) is 37.6 Å². The first kappa shape index (κ1) is 27.2. The van der Waals surface area contributed by atoms with Crippen LogP contribution in [0.5, 0.6) is 11.5 Å². The van der Waals surface area contributed by atoms with Crippen LogP contribution in [0.2, 0.25) is 0 Å². The van der Waals surface area contributed by atoms with Crippen LogP contribution in [0.1, 0.15) is 16.7 Å². The number of para-hydroxylation sites is 1. The zero-order valence-electron chi connectivity index (χ0n) is 22.8. The predicted molar refractivity (Wildman–Crippen MR) is 170 cm³/mol. The van der Waals surface area contributed by atoms with E-state index in [9.17, 15) is 4.79 Å². The van der Waals surface area contributed by atoms with Gasteiger partial charge in [0.15, 0.2) is 17.3 Å². The van der Waals surface area contributed by atoms with Gasteiger partial charge in [0.05, 0.1) is 24.2 Å². The summed E-state index contributed by atoms with van der Waals surface area (Å²) >= 11 is 3.50. The third-order valence-electron chi connectivity index (χ3n) is 6.74. The zero-order chi connectivity index (χ0) is 29.1. The van der Waals surface area contributed by atoms with Crippen molar-refractivity contribution in [1.29, 1.82) is 0 Å². The minimum Gasteiger partial charge on any atom is -0.493 e. The first-order valence-electron chi connectivity index (χ1n) is 13.3. The normalized spacial score (nSPS) is 11.4. The van der Waals surface area contributed by atoms with Crippen molar-refractivity contribution in [2.45, 2.75) is 13.0 Å². The van der Waals surface area contributed by atoms with Crippen LogP contribution in [-0.4, -0.2) is 23.0 Å². The van der Waals surface area contributed by atoms with Crippen LogP contribution in [0.15, 0.2) is 122 Å². The Balaban J connectivity index is 1.44. The Morgan fingerprint density at radius 3 is 2.64 bits per heavy atom. The van der Waals surface area contributed by atoms with Gasteiger partial charge in [-0.15, -0.1) is 6.58 Å². The fourth-order valence-electron chi connectivity index (χ4n) is 4.75. The summed E-state index contributed by atoms with van der Waals surface area (Å²) in [7, 11) is 1.60. The van der Waals surface area contributed by atoms with Crippen molar-refractivity contribution < 1.29 is 13.9 Å². The Bertz CT molecular complexity index is 2010. The molecule has 0 aliphatic heterocycles. The summed E-state index contributed by atoms with van der Waals surface area (Å²) in [5.41, 5.74) is 3.57. The molecule has 0 atom stereocenters. The Kier molecular flexibility index (Phi) is 7.70. The number of hydrogen-bond acceptors (Lipinski definition) is 6. The van der Waals surface area contributed by atoms with E-state index in [1.165, 1.54) is 4.68 Å². The largest absolute Gasteiger partial charge is 0.493 e. The average molecular weight is 621 g/mol. The molecule has 2 heterocycles. The lowest BCUT2D eigenvalue weighted by atomic mass is 10.1. The number of furan rings is 1. The summed E-state index contributed by atoms with van der Waals surface area (Å²) in [6.07, 6.45) is 3.97. The van der Waals surface area contributed by atoms with Gasteiger partial charge in [0, 0.05) is 15.4 Å². The molecule has 0 radical (unpaired) electrons. The molecule has 6 aromatic rings. The minimum atomic E-state index is -0.311. The summed E-state index contributed by atoms with van der Waals surface area (Å²) in [5.74, 6) is 1.91. The van der Waals surface area contributed by atoms with E-state index in [4.69, 9.17) is 18.9 Å². The van der Waals surface area contributed by atoms with Crippen molar-refractivity contribution in [2.75, 3.05) is 7.11 Å². The molecule has 0 saturated heterocycles. The Morgan fingerprint density at radius 1 is 1.02 bits per heavy atom. The van der Waals surface area contributed by atoms with Gasteiger partial charge in [-0.1, -0.05) is 64.5 Å². The second-order valence-electron chi connectivity index (χ2n) is 9.59. The summed E-state index contributed by atoms with van der Waals surface area (Å²) in [4.78, 5) is 18.5. The van der Waals surface area contributed by atoms with Gasteiger partial charge in [-0.25, -0.2) is 4.98 Å². The minimum absolute atomic E-state index is 0.295. The molecule has 7 nitrogen and oxygen atoms in total. The number of methoxy groups -OCH3 is 1. The number of nitrogens with zero attached hydrogens (tertiary/aromatic N) is 3. The predicted octanol–water partition coefficient (Wildman–Crippen LogP) is 7.77. The number of rotatable bonds is 9. The van der Waals surface area contributed by atoms with Crippen LogP contribution in [0.3, 0.4) is 0 Å². The topological polar surface area (TPSA) is 78.9 Å².